The van der Waals surface area contributed by atoms with Gasteiger partial charge in [-0.15, -0.1) is 0 Å². The van der Waals surface area contributed by atoms with Gasteiger partial charge in [0.25, 0.3) is 0 Å². The molecule has 0 amide bonds. The topological polar surface area (TPSA) is 39.1 Å². The maximum Gasteiger partial charge on any atom is 0.203 e. The van der Waals surface area contributed by atoms with E-state index in [9.17, 15) is 0 Å². The molecule has 1 aromatic heterocycles. The molecule has 1 heterocycles. The molecule has 0 aliphatic rings. The average Bonchev–Trinajstić information content (AvgIpc) is 2.75. The quantitative estimate of drug-likeness (QED) is 0.658. The summed E-state index contributed by atoms with van der Waals surface area (Å²) in [5.41, 5.74) is 1.08. The van der Waals surface area contributed by atoms with Gasteiger partial charge in [0.15, 0.2) is 0 Å². The summed E-state index contributed by atoms with van der Waals surface area (Å²) in [6, 6.07) is 0.500. The van der Waals surface area contributed by atoms with Crippen molar-refractivity contribution >= 4 is 5.95 Å². The van der Waals surface area contributed by atoms with E-state index in [2.05, 4.69) is 48.8 Å². The second-order valence-corrected chi connectivity index (χ2v) is 6.06. The fourth-order valence-corrected chi connectivity index (χ4v) is 2.36. The van der Waals surface area contributed by atoms with Crippen molar-refractivity contribution in [3.63, 3.8) is 0 Å². The first-order valence-electron chi connectivity index (χ1n) is 7.82. The van der Waals surface area contributed by atoms with Gasteiger partial charge in [0, 0.05) is 32.5 Å². The maximum absolute atomic E-state index is 5.07. The number of anilines is 1. The molecule has 20 heavy (non-hydrogen) atoms. The Bertz CT molecular complexity index is 374. The number of methoxy groups -OCH3 is 1. The van der Waals surface area contributed by atoms with Gasteiger partial charge in [-0.1, -0.05) is 26.7 Å². The van der Waals surface area contributed by atoms with E-state index in [0.29, 0.717) is 6.04 Å². The summed E-state index contributed by atoms with van der Waals surface area (Å²) < 4.78 is 7.35. The third-order valence-electron chi connectivity index (χ3n) is 3.54. The van der Waals surface area contributed by atoms with Crippen LogP contribution in [0.4, 0.5) is 5.95 Å². The molecule has 1 atom stereocenters. The van der Waals surface area contributed by atoms with E-state index in [4.69, 9.17) is 4.74 Å². The predicted molar refractivity (Wildman–Crippen MR) is 85.3 cm³/mol. The summed E-state index contributed by atoms with van der Waals surface area (Å²) in [4.78, 5) is 4.58. The van der Waals surface area contributed by atoms with E-state index in [0.717, 1.165) is 37.1 Å². The van der Waals surface area contributed by atoms with E-state index in [1.54, 1.807) is 7.11 Å². The predicted octanol–water partition coefficient (Wildman–Crippen LogP) is 4.03. The molecule has 0 radical (unpaired) electrons. The first-order chi connectivity index (χ1) is 9.54. The van der Waals surface area contributed by atoms with E-state index < -0.39 is 0 Å². The van der Waals surface area contributed by atoms with E-state index in [1.807, 2.05) is 0 Å². The highest BCUT2D eigenvalue weighted by Crippen LogP contribution is 2.21. The molecule has 0 aromatic carbocycles. The molecule has 0 aliphatic heterocycles. The molecule has 1 N–H and O–H groups in total. The molecule has 4 nitrogen and oxygen atoms in total. The van der Waals surface area contributed by atoms with Crippen molar-refractivity contribution in [1.82, 2.24) is 9.55 Å². The highest BCUT2D eigenvalue weighted by Gasteiger charge is 2.11. The third kappa shape index (κ3) is 5.95. The smallest absolute Gasteiger partial charge is 0.203 e. The normalized spacial score (nSPS) is 12.9. The van der Waals surface area contributed by atoms with Crippen molar-refractivity contribution in [2.75, 3.05) is 25.6 Å². The Kier molecular flexibility index (Phi) is 7.67. The lowest BCUT2D eigenvalue weighted by atomic mass is 10.0. The van der Waals surface area contributed by atoms with Gasteiger partial charge >= 0.3 is 0 Å². The molecule has 0 bridgehead atoms. The van der Waals surface area contributed by atoms with Crippen molar-refractivity contribution in [3.8, 4) is 0 Å². The fraction of sp³-hybridized carbons (Fsp3) is 0.812. The minimum absolute atomic E-state index is 0.500. The van der Waals surface area contributed by atoms with Gasteiger partial charge in [0.1, 0.15) is 0 Å². The van der Waals surface area contributed by atoms with Crippen LogP contribution >= 0.6 is 0 Å². The molecule has 1 unspecified atom stereocenters. The highest BCUT2D eigenvalue weighted by molar-refractivity contribution is 5.29. The number of imidazole rings is 1. The lowest BCUT2D eigenvalue weighted by Crippen LogP contribution is -2.13. The van der Waals surface area contributed by atoms with Gasteiger partial charge in [-0.25, -0.2) is 4.98 Å². The average molecular weight is 281 g/mol. The number of ether oxygens (including phenoxy) is 1. The molecule has 1 rings (SSSR count). The summed E-state index contributed by atoms with van der Waals surface area (Å²) in [5.74, 6) is 1.79. The van der Waals surface area contributed by atoms with Crippen molar-refractivity contribution in [2.45, 2.75) is 59.4 Å². The van der Waals surface area contributed by atoms with Crippen molar-refractivity contribution in [2.24, 2.45) is 5.92 Å². The van der Waals surface area contributed by atoms with Crippen LogP contribution in [-0.2, 0) is 4.74 Å². The number of hydrogen-bond donors (Lipinski definition) is 1. The van der Waals surface area contributed by atoms with Crippen LogP contribution in [0.5, 0.6) is 0 Å². The first-order valence-corrected chi connectivity index (χ1v) is 7.82. The number of hydrogen-bond acceptors (Lipinski definition) is 3. The van der Waals surface area contributed by atoms with Crippen LogP contribution in [-0.4, -0.2) is 29.8 Å². The minimum Gasteiger partial charge on any atom is -0.385 e. The monoisotopic (exact) mass is 281 g/mol. The van der Waals surface area contributed by atoms with E-state index in [-0.39, 0.29) is 0 Å². The van der Waals surface area contributed by atoms with Crippen LogP contribution in [0.15, 0.2) is 6.20 Å². The Hall–Kier alpha value is -1.03. The van der Waals surface area contributed by atoms with E-state index in [1.165, 1.54) is 19.3 Å². The van der Waals surface area contributed by atoms with Crippen LogP contribution in [0.25, 0.3) is 0 Å². The minimum atomic E-state index is 0.500. The number of aromatic nitrogens is 2. The molecule has 0 aliphatic carbocycles. The Morgan fingerprint density at radius 1 is 1.25 bits per heavy atom. The van der Waals surface area contributed by atoms with Gasteiger partial charge in [0.2, 0.25) is 5.95 Å². The summed E-state index contributed by atoms with van der Waals surface area (Å²) in [7, 11) is 1.74. The zero-order valence-corrected chi connectivity index (χ0v) is 13.8. The van der Waals surface area contributed by atoms with Crippen molar-refractivity contribution in [3.05, 3.63) is 11.9 Å². The molecule has 0 fully saturated rings. The van der Waals surface area contributed by atoms with Crippen LogP contribution in [0.2, 0.25) is 0 Å². The molecule has 1 aromatic rings. The molecule has 0 spiro atoms. The largest absolute Gasteiger partial charge is 0.385 e. The third-order valence-corrected chi connectivity index (χ3v) is 3.54. The molecule has 4 heteroatoms. The zero-order valence-electron chi connectivity index (χ0n) is 13.8. The Morgan fingerprint density at radius 3 is 2.65 bits per heavy atom. The van der Waals surface area contributed by atoms with Crippen LogP contribution in [0.3, 0.4) is 0 Å². The molecular weight excluding hydrogens is 250 g/mol. The Labute approximate surface area is 123 Å². The lowest BCUT2D eigenvalue weighted by molar-refractivity contribution is 0.197. The van der Waals surface area contributed by atoms with Crippen molar-refractivity contribution < 1.29 is 4.74 Å². The SMILES string of the molecule is COCCCNc1nc(C)cn1C(C)CCCC(C)C. The van der Waals surface area contributed by atoms with Crippen LogP contribution in [0, 0.1) is 12.8 Å². The number of nitrogens with one attached hydrogen (secondary N) is 1. The fourth-order valence-electron chi connectivity index (χ4n) is 2.36. The number of rotatable bonds is 10. The highest BCUT2D eigenvalue weighted by atomic mass is 16.5. The summed E-state index contributed by atoms with van der Waals surface area (Å²) in [6.45, 7) is 10.6. The Morgan fingerprint density at radius 2 is 2.00 bits per heavy atom. The van der Waals surface area contributed by atoms with Crippen LogP contribution in [0.1, 0.15) is 58.2 Å². The van der Waals surface area contributed by atoms with Gasteiger partial charge in [-0.3, -0.25) is 0 Å². The summed E-state index contributed by atoms with van der Waals surface area (Å²) in [6.07, 6.45) is 6.94. The standard InChI is InChI=1S/C16H31N3O/c1-13(2)8-6-9-15(4)19-12-14(3)18-16(19)17-10-7-11-20-5/h12-13,15H,6-11H2,1-5H3,(H,17,18). The number of aryl methyl sites for hydroxylation is 1. The molecule has 116 valence electrons. The van der Waals surface area contributed by atoms with Gasteiger partial charge in [-0.05, 0) is 32.6 Å². The van der Waals surface area contributed by atoms with Crippen LogP contribution < -0.4 is 5.32 Å². The molecular formula is C16H31N3O. The van der Waals surface area contributed by atoms with E-state index >= 15 is 0 Å². The second-order valence-electron chi connectivity index (χ2n) is 6.06. The zero-order chi connectivity index (χ0) is 15.0. The lowest BCUT2D eigenvalue weighted by Gasteiger charge is -2.17. The van der Waals surface area contributed by atoms with Gasteiger partial charge in [-0.2, -0.15) is 0 Å². The number of nitrogens with zero attached hydrogens (tertiary/aromatic N) is 2. The Balaban J connectivity index is 2.50. The first kappa shape index (κ1) is 17.0. The maximum atomic E-state index is 5.07. The summed E-state index contributed by atoms with van der Waals surface area (Å²) >= 11 is 0. The van der Waals surface area contributed by atoms with Gasteiger partial charge < -0.3 is 14.6 Å². The summed E-state index contributed by atoms with van der Waals surface area (Å²) in [5, 5.41) is 3.42. The van der Waals surface area contributed by atoms with Gasteiger partial charge in [0.05, 0.1) is 5.69 Å². The second kappa shape index (κ2) is 9.01. The van der Waals surface area contributed by atoms with Crippen molar-refractivity contribution in [1.29, 1.82) is 0 Å². The molecule has 0 saturated carbocycles. The molecule has 0 saturated heterocycles.